The van der Waals surface area contributed by atoms with Gasteiger partial charge in [-0.25, -0.2) is 9.78 Å². The van der Waals surface area contributed by atoms with Crippen LogP contribution in [0.25, 0.3) is 0 Å². The van der Waals surface area contributed by atoms with Crippen molar-refractivity contribution in [1.82, 2.24) is 19.7 Å². The van der Waals surface area contributed by atoms with E-state index in [2.05, 4.69) is 25.2 Å². The van der Waals surface area contributed by atoms with Crippen molar-refractivity contribution in [3.8, 4) is 0 Å². The third kappa shape index (κ3) is 3.06. The number of hydrogen-bond acceptors (Lipinski definition) is 6. The maximum Gasteiger partial charge on any atom is 0.356 e. The molecule has 2 heterocycles. The topological polar surface area (TPSA) is 81.9 Å². The molecule has 2 aromatic heterocycles. The molecule has 2 rings (SSSR count). The summed E-state index contributed by atoms with van der Waals surface area (Å²) in [7, 11) is 1.33. The zero-order valence-corrected chi connectivity index (χ0v) is 10.8. The monoisotopic (exact) mass is 261 g/mol. The lowest BCUT2D eigenvalue weighted by molar-refractivity contribution is 0.0594. The standard InChI is InChI=1S/C12H15N5O2/c1-3-17-8-15-16-11(17)7-14-9-4-5-13-10(6-9)12(18)19-2/h4-6,8H,3,7H2,1-2H3,(H,13,14). The van der Waals surface area contributed by atoms with Gasteiger partial charge in [-0.3, -0.25) is 0 Å². The number of ether oxygens (including phenoxy) is 1. The third-order valence-electron chi connectivity index (χ3n) is 2.64. The van der Waals surface area contributed by atoms with E-state index in [0.29, 0.717) is 6.54 Å². The molecule has 7 heteroatoms. The van der Waals surface area contributed by atoms with Gasteiger partial charge in [0.25, 0.3) is 0 Å². The zero-order valence-electron chi connectivity index (χ0n) is 10.8. The van der Waals surface area contributed by atoms with Gasteiger partial charge in [-0.05, 0) is 19.1 Å². The van der Waals surface area contributed by atoms with Crippen molar-refractivity contribution < 1.29 is 9.53 Å². The van der Waals surface area contributed by atoms with Gasteiger partial charge >= 0.3 is 5.97 Å². The van der Waals surface area contributed by atoms with Gasteiger partial charge < -0.3 is 14.6 Å². The lowest BCUT2D eigenvalue weighted by atomic mass is 10.3. The quantitative estimate of drug-likeness (QED) is 0.811. The van der Waals surface area contributed by atoms with E-state index in [4.69, 9.17) is 0 Å². The lowest BCUT2D eigenvalue weighted by Gasteiger charge is -2.07. The van der Waals surface area contributed by atoms with Crippen LogP contribution in [0.15, 0.2) is 24.7 Å². The molecule has 0 aliphatic heterocycles. The van der Waals surface area contributed by atoms with E-state index in [0.717, 1.165) is 18.1 Å². The number of methoxy groups -OCH3 is 1. The highest BCUT2D eigenvalue weighted by Gasteiger charge is 2.08. The maximum absolute atomic E-state index is 11.4. The van der Waals surface area contributed by atoms with Gasteiger partial charge in [-0.15, -0.1) is 10.2 Å². The molecule has 0 amide bonds. The fraction of sp³-hybridized carbons (Fsp3) is 0.333. The van der Waals surface area contributed by atoms with Gasteiger partial charge in [0.2, 0.25) is 0 Å². The largest absolute Gasteiger partial charge is 0.464 e. The number of esters is 1. The van der Waals surface area contributed by atoms with Crippen molar-refractivity contribution in [1.29, 1.82) is 0 Å². The molecule has 0 unspecified atom stereocenters. The number of rotatable bonds is 5. The van der Waals surface area contributed by atoms with Crippen LogP contribution in [0.2, 0.25) is 0 Å². The van der Waals surface area contributed by atoms with Crippen LogP contribution in [-0.2, 0) is 17.8 Å². The normalized spacial score (nSPS) is 10.2. The van der Waals surface area contributed by atoms with E-state index in [1.807, 2.05) is 11.5 Å². The molecule has 0 aliphatic rings. The van der Waals surface area contributed by atoms with Gasteiger partial charge in [-0.2, -0.15) is 0 Å². The van der Waals surface area contributed by atoms with E-state index in [1.165, 1.54) is 7.11 Å². The van der Waals surface area contributed by atoms with E-state index in [1.54, 1.807) is 24.7 Å². The van der Waals surface area contributed by atoms with Gasteiger partial charge in [0.15, 0.2) is 5.82 Å². The molecule has 0 aliphatic carbocycles. The van der Waals surface area contributed by atoms with Gasteiger partial charge in [-0.1, -0.05) is 0 Å². The Morgan fingerprint density at radius 3 is 3.11 bits per heavy atom. The summed E-state index contributed by atoms with van der Waals surface area (Å²) in [6.45, 7) is 3.36. The van der Waals surface area contributed by atoms with Gasteiger partial charge in [0, 0.05) is 18.4 Å². The van der Waals surface area contributed by atoms with Crippen LogP contribution < -0.4 is 5.32 Å². The van der Waals surface area contributed by atoms with Crippen molar-refractivity contribution in [2.75, 3.05) is 12.4 Å². The molecule has 0 fully saturated rings. The lowest BCUT2D eigenvalue weighted by Crippen LogP contribution is -2.09. The number of aromatic nitrogens is 4. The first-order valence-electron chi connectivity index (χ1n) is 5.89. The van der Waals surface area contributed by atoms with Crippen molar-refractivity contribution >= 4 is 11.7 Å². The molecule has 0 saturated carbocycles. The van der Waals surface area contributed by atoms with Crippen molar-refractivity contribution in [3.63, 3.8) is 0 Å². The minimum atomic E-state index is -0.458. The number of nitrogens with zero attached hydrogens (tertiary/aromatic N) is 4. The van der Waals surface area contributed by atoms with Crippen LogP contribution >= 0.6 is 0 Å². The van der Waals surface area contributed by atoms with Crippen LogP contribution in [0, 0.1) is 0 Å². The SMILES string of the molecule is CCn1cnnc1CNc1ccnc(C(=O)OC)c1. The predicted octanol–water partition coefficient (Wildman–Crippen LogP) is 1.09. The third-order valence-corrected chi connectivity index (χ3v) is 2.64. The summed E-state index contributed by atoms with van der Waals surface area (Å²) in [5, 5.41) is 11.0. The number of nitrogens with one attached hydrogen (secondary N) is 1. The molecule has 0 aromatic carbocycles. The van der Waals surface area contributed by atoms with Crippen LogP contribution in [0.5, 0.6) is 0 Å². The minimum absolute atomic E-state index is 0.268. The molecule has 0 saturated heterocycles. The molecule has 0 bridgehead atoms. The van der Waals surface area contributed by atoms with Crippen molar-refractivity contribution in [2.45, 2.75) is 20.0 Å². The Balaban J connectivity index is 2.05. The summed E-state index contributed by atoms with van der Waals surface area (Å²) in [6, 6.07) is 3.41. The van der Waals surface area contributed by atoms with Gasteiger partial charge in [0.05, 0.1) is 13.7 Å². The number of hydrogen-bond donors (Lipinski definition) is 1. The summed E-state index contributed by atoms with van der Waals surface area (Å²) >= 11 is 0. The van der Waals surface area contributed by atoms with E-state index in [-0.39, 0.29) is 5.69 Å². The smallest absolute Gasteiger partial charge is 0.356 e. The van der Waals surface area contributed by atoms with Crippen LogP contribution in [-0.4, -0.2) is 32.8 Å². The first-order chi connectivity index (χ1) is 9.24. The molecule has 100 valence electrons. The van der Waals surface area contributed by atoms with Crippen LogP contribution in [0.1, 0.15) is 23.2 Å². The minimum Gasteiger partial charge on any atom is -0.464 e. The summed E-state index contributed by atoms with van der Waals surface area (Å²) < 4.78 is 6.56. The first-order valence-corrected chi connectivity index (χ1v) is 5.89. The number of anilines is 1. The molecule has 1 N–H and O–H groups in total. The highest BCUT2D eigenvalue weighted by molar-refractivity contribution is 5.88. The molecule has 0 atom stereocenters. The summed E-state index contributed by atoms with van der Waals surface area (Å²) in [5.74, 6) is 0.374. The van der Waals surface area contributed by atoms with Gasteiger partial charge in [0.1, 0.15) is 12.0 Å². The number of carbonyl (C=O) groups is 1. The van der Waals surface area contributed by atoms with Crippen molar-refractivity contribution in [3.05, 3.63) is 36.2 Å². The molecule has 2 aromatic rings. The Kier molecular flexibility index (Phi) is 4.07. The summed E-state index contributed by atoms with van der Waals surface area (Å²) in [4.78, 5) is 15.3. The van der Waals surface area contributed by atoms with E-state index < -0.39 is 5.97 Å². The second-order valence-electron chi connectivity index (χ2n) is 3.81. The molecular formula is C12H15N5O2. The first kappa shape index (κ1) is 13.0. The summed E-state index contributed by atoms with van der Waals surface area (Å²) in [5.41, 5.74) is 1.05. The van der Waals surface area contributed by atoms with Crippen LogP contribution in [0.3, 0.4) is 0 Å². The number of pyridine rings is 1. The van der Waals surface area contributed by atoms with E-state index >= 15 is 0 Å². The molecule has 0 spiro atoms. The fourth-order valence-electron chi connectivity index (χ4n) is 1.62. The highest BCUT2D eigenvalue weighted by atomic mass is 16.5. The van der Waals surface area contributed by atoms with E-state index in [9.17, 15) is 4.79 Å². The zero-order chi connectivity index (χ0) is 13.7. The average Bonchev–Trinajstić information content (AvgIpc) is 2.92. The Labute approximate surface area is 110 Å². The average molecular weight is 261 g/mol. The molecule has 7 nitrogen and oxygen atoms in total. The number of carbonyl (C=O) groups excluding carboxylic acids is 1. The Morgan fingerprint density at radius 1 is 1.53 bits per heavy atom. The molecular weight excluding hydrogens is 246 g/mol. The maximum atomic E-state index is 11.4. The molecule has 19 heavy (non-hydrogen) atoms. The second kappa shape index (κ2) is 5.94. The fourth-order valence-corrected chi connectivity index (χ4v) is 1.62. The Hall–Kier alpha value is -2.44. The Bertz CT molecular complexity index is 567. The number of aryl methyl sites for hydroxylation is 1. The Morgan fingerprint density at radius 2 is 2.37 bits per heavy atom. The highest BCUT2D eigenvalue weighted by Crippen LogP contribution is 2.10. The molecule has 0 radical (unpaired) electrons. The predicted molar refractivity (Wildman–Crippen MR) is 68.6 cm³/mol. The summed E-state index contributed by atoms with van der Waals surface area (Å²) in [6.07, 6.45) is 3.24. The second-order valence-corrected chi connectivity index (χ2v) is 3.81. The van der Waals surface area contributed by atoms with Crippen molar-refractivity contribution in [2.24, 2.45) is 0 Å². The van der Waals surface area contributed by atoms with Crippen LogP contribution in [0.4, 0.5) is 5.69 Å².